The van der Waals surface area contributed by atoms with Crippen molar-refractivity contribution < 1.29 is 14.1 Å². The first-order chi connectivity index (χ1) is 18.1. The van der Waals surface area contributed by atoms with E-state index in [4.69, 9.17) is 4.52 Å². The Bertz CT molecular complexity index is 1590. The van der Waals surface area contributed by atoms with Crippen LogP contribution in [-0.2, 0) is 16.8 Å². The van der Waals surface area contributed by atoms with E-state index in [1.165, 1.54) is 17.4 Å². The Morgan fingerprint density at radius 3 is 2.76 bits per heavy atom. The lowest BCUT2D eigenvalue weighted by molar-refractivity contribution is -0.125. The Kier molecular flexibility index (Phi) is 6.37. The number of hydrazine groups is 1. The van der Waals surface area contributed by atoms with Crippen LogP contribution in [0, 0.1) is 6.92 Å². The molecule has 0 saturated heterocycles. The number of fused-ring (bicyclic) bond motifs is 1. The van der Waals surface area contributed by atoms with Crippen molar-refractivity contribution in [3.63, 3.8) is 0 Å². The second kappa shape index (κ2) is 9.67. The molecule has 4 heterocycles. The van der Waals surface area contributed by atoms with Crippen molar-refractivity contribution in [3.05, 3.63) is 84.1 Å². The number of aromatic nitrogens is 5. The summed E-state index contributed by atoms with van der Waals surface area (Å²) in [7, 11) is 0. The average Bonchev–Trinajstić information content (AvgIpc) is 3.65. The number of rotatable bonds is 6. The molecule has 0 saturated carbocycles. The third-order valence-electron chi connectivity index (χ3n) is 6.24. The van der Waals surface area contributed by atoms with Crippen molar-refractivity contribution in [2.45, 2.75) is 39.7 Å². The number of benzene rings is 1. The molecule has 0 fully saturated rings. The van der Waals surface area contributed by atoms with Crippen LogP contribution in [0.15, 0.2) is 60.2 Å². The lowest BCUT2D eigenvalue weighted by Gasteiger charge is -2.10. The highest BCUT2D eigenvalue weighted by atomic mass is 16.5. The molecule has 2 N–H and O–H groups in total. The molecule has 38 heavy (non-hydrogen) atoms. The summed E-state index contributed by atoms with van der Waals surface area (Å²) in [5.74, 6) is -0.185. The van der Waals surface area contributed by atoms with Crippen molar-refractivity contribution in [2.24, 2.45) is 0 Å². The molecule has 3 aromatic heterocycles. The maximum absolute atomic E-state index is 12.5. The summed E-state index contributed by atoms with van der Waals surface area (Å²) in [6, 6.07) is 7.97. The predicted octanol–water partition coefficient (Wildman–Crippen LogP) is 3.19. The largest absolute Gasteiger partial charge is 0.345 e. The summed E-state index contributed by atoms with van der Waals surface area (Å²) in [5, 5.41) is 12.4. The highest BCUT2D eigenvalue weighted by molar-refractivity contribution is 5.91. The monoisotopic (exact) mass is 512 g/mol. The van der Waals surface area contributed by atoms with Crippen molar-refractivity contribution in [3.8, 4) is 11.3 Å². The van der Waals surface area contributed by atoms with E-state index in [0.717, 1.165) is 39.0 Å². The van der Waals surface area contributed by atoms with Gasteiger partial charge in [-0.15, -0.1) is 0 Å². The van der Waals surface area contributed by atoms with E-state index < -0.39 is 5.91 Å². The van der Waals surface area contributed by atoms with Crippen LogP contribution in [0.1, 0.15) is 54.0 Å². The van der Waals surface area contributed by atoms with Crippen LogP contribution in [0.4, 0.5) is 0 Å². The maximum Gasteiger partial charge on any atom is 0.292 e. The molecule has 11 nitrogen and oxygen atoms in total. The van der Waals surface area contributed by atoms with Gasteiger partial charge in [0, 0.05) is 42.0 Å². The fourth-order valence-electron chi connectivity index (χ4n) is 4.08. The average molecular weight is 513 g/mol. The molecule has 1 aliphatic rings. The minimum absolute atomic E-state index is 0.0150. The van der Waals surface area contributed by atoms with Crippen LogP contribution in [-0.4, -0.2) is 48.1 Å². The zero-order chi connectivity index (χ0) is 27.0. The van der Waals surface area contributed by atoms with Gasteiger partial charge in [-0.3, -0.25) is 9.59 Å². The van der Waals surface area contributed by atoms with Crippen LogP contribution in [0.5, 0.6) is 0 Å². The van der Waals surface area contributed by atoms with Gasteiger partial charge in [0.25, 0.3) is 17.6 Å². The number of aryl methyl sites for hydroxylation is 1. The second-order valence-electron chi connectivity index (χ2n) is 10.1. The van der Waals surface area contributed by atoms with Gasteiger partial charge in [0.1, 0.15) is 6.33 Å². The van der Waals surface area contributed by atoms with Crippen LogP contribution < -0.4 is 10.7 Å². The first kappa shape index (κ1) is 25.0. The standard InChI is InChI=1S/C27H28N8O3/c1-6-22(36)35-14-20(12-30-35)19-10-21-23(29-15-31-34(21)13-19)17-7-8-18(16(2)9-17)11-28-25(37)24-32-26(38-33-24)27(3,4)5/h6-10,13-15,30H,1,11-12H2,2-5H3,(H,28,37). The first-order valence-electron chi connectivity index (χ1n) is 12.1. The molecule has 5 rings (SSSR count). The molecule has 11 heteroatoms. The quantitative estimate of drug-likeness (QED) is 0.377. The highest BCUT2D eigenvalue weighted by Crippen LogP contribution is 2.28. The molecular weight excluding hydrogens is 484 g/mol. The molecule has 0 radical (unpaired) electrons. The van der Waals surface area contributed by atoms with Crippen molar-refractivity contribution in [1.29, 1.82) is 0 Å². The lowest BCUT2D eigenvalue weighted by atomic mass is 9.97. The van der Waals surface area contributed by atoms with E-state index in [9.17, 15) is 9.59 Å². The number of hydrogen-bond donors (Lipinski definition) is 2. The Morgan fingerprint density at radius 2 is 2.05 bits per heavy atom. The Balaban J connectivity index is 1.34. The summed E-state index contributed by atoms with van der Waals surface area (Å²) in [6.07, 6.45) is 6.45. The number of carbonyl (C=O) groups is 2. The topological polar surface area (TPSA) is 131 Å². The van der Waals surface area contributed by atoms with Gasteiger partial charge in [-0.2, -0.15) is 10.1 Å². The van der Waals surface area contributed by atoms with Gasteiger partial charge in [0.05, 0.1) is 11.2 Å². The number of nitrogens with zero attached hydrogens (tertiary/aromatic N) is 6. The lowest BCUT2D eigenvalue weighted by Crippen LogP contribution is -2.33. The van der Waals surface area contributed by atoms with Crippen LogP contribution >= 0.6 is 0 Å². The summed E-state index contributed by atoms with van der Waals surface area (Å²) < 4.78 is 6.99. The molecule has 0 unspecified atom stereocenters. The Labute approximate surface area is 219 Å². The number of amides is 2. The molecule has 0 spiro atoms. The van der Waals surface area contributed by atoms with Crippen molar-refractivity contribution >= 4 is 22.9 Å². The van der Waals surface area contributed by atoms with E-state index in [1.807, 2.05) is 58.2 Å². The van der Waals surface area contributed by atoms with Crippen molar-refractivity contribution in [1.82, 2.24) is 40.5 Å². The van der Waals surface area contributed by atoms with E-state index in [0.29, 0.717) is 19.0 Å². The molecular formula is C27H28N8O3. The minimum atomic E-state index is -0.394. The fraction of sp³-hybridized carbons (Fsp3) is 0.259. The van der Waals surface area contributed by atoms with Crippen LogP contribution in [0.2, 0.25) is 0 Å². The summed E-state index contributed by atoms with van der Waals surface area (Å²) in [4.78, 5) is 33.2. The molecule has 0 bridgehead atoms. The molecule has 2 amide bonds. The van der Waals surface area contributed by atoms with E-state index in [2.05, 4.69) is 37.5 Å². The van der Waals surface area contributed by atoms with Gasteiger partial charge in [-0.05, 0) is 41.8 Å². The summed E-state index contributed by atoms with van der Waals surface area (Å²) in [5.41, 5.74) is 9.07. The maximum atomic E-state index is 12.5. The fourth-order valence-corrected chi connectivity index (χ4v) is 4.08. The van der Waals surface area contributed by atoms with E-state index >= 15 is 0 Å². The van der Waals surface area contributed by atoms with Crippen LogP contribution in [0.25, 0.3) is 22.3 Å². The normalized spacial score (nSPS) is 13.6. The SMILES string of the molecule is C=CC(=O)N1C=C(c2cc3c(-c4ccc(CNC(=O)c5noc(C(C)(C)C)n5)c(C)c4)ncnn3c2)CN1. The van der Waals surface area contributed by atoms with Gasteiger partial charge in [-0.1, -0.05) is 44.6 Å². The molecule has 4 aromatic rings. The van der Waals surface area contributed by atoms with E-state index in [1.54, 1.807) is 10.7 Å². The third-order valence-corrected chi connectivity index (χ3v) is 6.24. The smallest absolute Gasteiger partial charge is 0.292 e. The second-order valence-corrected chi connectivity index (χ2v) is 10.1. The van der Waals surface area contributed by atoms with E-state index in [-0.39, 0.29) is 17.1 Å². The Morgan fingerprint density at radius 1 is 1.24 bits per heavy atom. The van der Waals surface area contributed by atoms with Gasteiger partial charge in [-0.25, -0.2) is 19.9 Å². The van der Waals surface area contributed by atoms with Crippen molar-refractivity contribution in [2.75, 3.05) is 6.54 Å². The highest BCUT2D eigenvalue weighted by Gasteiger charge is 2.24. The minimum Gasteiger partial charge on any atom is -0.345 e. The van der Waals surface area contributed by atoms with Gasteiger partial charge >= 0.3 is 0 Å². The van der Waals surface area contributed by atoms with Crippen LogP contribution in [0.3, 0.4) is 0 Å². The van der Waals surface area contributed by atoms with Gasteiger partial charge in [0.15, 0.2) is 0 Å². The van der Waals surface area contributed by atoms with Gasteiger partial charge in [0.2, 0.25) is 5.89 Å². The predicted molar refractivity (Wildman–Crippen MR) is 140 cm³/mol. The van der Waals surface area contributed by atoms with Gasteiger partial charge < -0.3 is 9.84 Å². The molecule has 194 valence electrons. The molecule has 0 atom stereocenters. The molecule has 1 aromatic carbocycles. The number of hydrogen-bond acceptors (Lipinski definition) is 8. The molecule has 0 aliphatic carbocycles. The molecule has 1 aliphatic heterocycles. The number of nitrogens with one attached hydrogen (secondary N) is 2. The third kappa shape index (κ3) is 4.83. The first-order valence-corrected chi connectivity index (χ1v) is 12.1. The summed E-state index contributed by atoms with van der Waals surface area (Å²) in [6.45, 7) is 12.2. The number of carbonyl (C=O) groups excluding carboxylic acids is 2. The Hall–Kier alpha value is -4.64. The summed E-state index contributed by atoms with van der Waals surface area (Å²) >= 11 is 0. The zero-order valence-corrected chi connectivity index (χ0v) is 21.6. The zero-order valence-electron chi connectivity index (χ0n) is 21.6.